The SMILES string of the molecule is CCC(C)N(CCOC)c1ccc2c(c1)N(C)C(=O)C2=O. The Hall–Kier alpha value is -1.88. The number of Topliss-reactive ketones (excluding diaryl/α,β-unsaturated/α-hetero) is 1. The standard InChI is InChI=1S/C16H22N2O3/c1-5-11(2)18(8-9-21-4)12-6-7-13-14(10-12)17(3)16(20)15(13)19/h6-7,10-11H,5,8-9H2,1-4H3. The first kappa shape index (κ1) is 15.5. The average molecular weight is 290 g/mol. The highest BCUT2D eigenvalue weighted by molar-refractivity contribution is 6.52. The van der Waals surface area contributed by atoms with E-state index < -0.39 is 11.7 Å². The lowest BCUT2D eigenvalue weighted by Gasteiger charge is -2.31. The van der Waals surface area contributed by atoms with Crippen molar-refractivity contribution in [2.24, 2.45) is 0 Å². The van der Waals surface area contributed by atoms with Crippen LogP contribution < -0.4 is 9.80 Å². The minimum atomic E-state index is -0.464. The third-order valence-corrected chi connectivity index (χ3v) is 4.08. The van der Waals surface area contributed by atoms with Crippen molar-refractivity contribution in [1.82, 2.24) is 0 Å². The minimum absolute atomic E-state index is 0.358. The van der Waals surface area contributed by atoms with Crippen LogP contribution in [0.4, 0.5) is 11.4 Å². The maximum atomic E-state index is 11.8. The number of carbonyl (C=O) groups is 2. The number of methoxy groups -OCH3 is 1. The lowest BCUT2D eigenvalue weighted by Crippen LogP contribution is -2.35. The van der Waals surface area contributed by atoms with Crippen molar-refractivity contribution >= 4 is 23.1 Å². The van der Waals surface area contributed by atoms with Crippen LogP contribution in [0, 0.1) is 0 Å². The smallest absolute Gasteiger partial charge is 0.299 e. The molecule has 1 amide bonds. The molecule has 2 rings (SSSR count). The molecule has 0 radical (unpaired) electrons. The van der Waals surface area contributed by atoms with Gasteiger partial charge in [-0.2, -0.15) is 0 Å². The molecule has 114 valence electrons. The zero-order valence-corrected chi connectivity index (χ0v) is 13.0. The number of ketones is 1. The fourth-order valence-corrected chi connectivity index (χ4v) is 2.56. The van der Waals surface area contributed by atoms with Crippen LogP contribution in [0.3, 0.4) is 0 Å². The summed E-state index contributed by atoms with van der Waals surface area (Å²) in [6, 6.07) is 5.93. The van der Waals surface area contributed by atoms with Crippen LogP contribution in [0.15, 0.2) is 18.2 Å². The molecule has 1 aliphatic rings. The monoisotopic (exact) mass is 290 g/mol. The molecule has 1 unspecified atom stereocenters. The molecule has 5 nitrogen and oxygen atoms in total. The highest BCUT2D eigenvalue weighted by Gasteiger charge is 2.33. The summed E-state index contributed by atoms with van der Waals surface area (Å²) in [7, 11) is 3.32. The molecule has 0 fully saturated rings. The molecule has 5 heteroatoms. The van der Waals surface area contributed by atoms with Crippen molar-refractivity contribution in [1.29, 1.82) is 0 Å². The zero-order valence-electron chi connectivity index (χ0n) is 13.0. The first-order valence-corrected chi connectivity index (χ1v) is 7.23. The number of hydrogen-bond donors (Lipinski definition) is 0. The Bertz CT molecular complexity index is 556. The molecule has 0 aromatic heterocycles. The van der Waals surface area contributed by atoms with Gasteiger partial charge in [-0.1, -0.05) is 6.92 Å². The summed E-state index contributed by atoms with van der Waals surface area (Å²) >= 11 is 0. The quantitative estimate of drug-likeness (QED) is 0.753. The molecule has 1 aliphatic heterocycles. The number of amides is 1. The van der Waals surface area contributed by atoms with E-state index >= 15 is 0 Å². The summed E-state index contributed by atoms with van der Waals surface area (Å²) < 4.78 is 5.18. The summed E-state index contributed by atoms with van der Waals surface area (Å²) in [6.07, 6.45) is 1.01. The fourth-order valence-electron chi connectivity index (χ4n) is 2.56. The van der Waals surface area contributed by atoms with E-state index in [4.69, 9.17) is 4.74 Å². The average Bonchev–Trinajstić information content (AvgIpc) is 2.72. The van der Waals surface area contributed by atoms with Crippen molar-refractivity contribution in [3.8, 4) is 0 Å². The lowest BCUT2D eigenvalue weighted by molar-refractivity contribution is -0.114. The molecule has 0 spiro atoms. The van der Waals surface area contributed by atoms with Gasteiger partial charge in [-0.15, -0.1) is 0 Å². The molecule has 1 heterocycles. The Morgan fingerprint density at radius 3 is 2.67 bits per heavy atom. The van der Waals surface area contributed by atoms with Gasteiger partial charge in [0.15, 0.2) is 0 Å². The Morgan fingerprint density at radius 1 is 1.33 bits per heavy atom. The van der Waals surface area contributed by atoms with Crippen molar-refractivity contribution in [3.05, 3.63) is 23.8 Å². The number of carbonyl (C=O) groups excluding carboxylic acids is 2. The van der Waals surface area contributed by atoms with Crippen LogP contribution in [0.2, 0.25) is 0 Å². The van der Waals surface area contributed by atoms with E-state index in [9.17, 15) is 9.59 Å². The molecule has 0 aliphatic carbocycles. The topological polar surface area (TPSA) is 49.9 Å². The maximum absolute atomic E-state index is 11.8. The van der Waals surface area contributed by atoms with Gasteiger partial charge in [0.25, 0.3) is 11.7 Å². The summed E-state index contributed by atoms with van der Waals surface area (Å²) in [4.78, 5) is 27.2. The van der Waals surface area contributed by atoms with Crippen molar-refractivity contribution in [2.45, 2.75) is 26.3 Å². The van der Waals surface area contributed by atoms with Crippen LogP contribution in [0.5, 0.6) is 0 Å². The second-order valence-corrected chi connectivity index (χ2v) is 5.34. The second kappa shape index (κ2) is 6.26. The van der Waals surface area contributed by atoms with E-state index in [2.05, 4.69) is 18.7 Å². The van der Waals surface area contributed by atoms with Gasteiger partial charge in [0, 0.05) is 32.4 Å². The predicted molar refractivity (Wildman–Crippen MR) is 83.2 cm³/mol. The number of ether oxygens (including phenoxy) is 1. The number of fused-ring (bicyclic) bond motifs is 1. The normalized spacial score (nSPS) is 15.3. The second-order valence-electron chi connectivity index (χ2n) is 5.34. The molecule has 21 heavy (non-hydrogen) atoms. The van der Waals surface area contributed by atoms with Crippen molar-refractivity contribution in [3.63, 3.8) is 0 Å². The molecular weight excluding hydrogens is 268 g/mol. The van der Waals surface area contributed by atoms with E-state index in [-0.39, 0.29) is 0 Å². The van der Waals surface area contributed by atoms with Crippen LogP contribution in [0.25, 0.3) is 0 Å². The van der Waals surface area contributed by atoms with Crippen LogP contribution in [-0.4, -0.2) is 45.0 Å². The summed E-state index contributed by atoms with van der Waals surface area (Å²) in [6.45, 7) is 5.70. The molecule has 0 bridgehead atoms. The number of likely N-dealkylation sites (N-methyl/N-ethyl adjacent to an activating group) is 1. The minimum Gasteiger partial charge on any atom is -0.383 e. The third kappa shape index (κ3) is 2.78. The number of benzene rings is 1. The van der Waals surface area contributed by atoms with E-state index in [1.54, 1.807) is 20.2 Å². The van der Waals surface area contributed by atoms with Crippen molar-refractivity contribution < 1.29 is 14.3 Å². The van der Waals surface area contributed by atoms with Crippen LogP contribution in [-0.2, 0) is 9.53 Å². The predicted octanol–water partition coefficient (Wildman–Crippen LogP) is 2.10. The molecule has 0 saturated carbocycles. The first-order valence-electron chi connectivity index (χ1n) is 7.23. The highest BCUT2D eigenvalue weighted by atomic mass is 16.5. The third-order valence-electron chi connectivity index (χ3n) is 4.08. The number of anilines is 2. The fraction of sp³-hybridized carbons (Fsp3) is 0.500. The van der Waals surface area contributed by atoms with Gasteiger partial charge in [0.05, 0.1) is 17.9 Å². The zero-order chi connectivity index (χ0) is 15.6. The van der Waals surface area contributed by atoms with E-state index in [0.717, 1.165) is 18.7 Å². The van der Waals surface area contributed by atoms with Gasteiger partial charge >= 0.3 is 0 Å². The van der Waals surface area contributed by atoms with Gasteiger partial charge < -0.3 is 14.5 Å². The molecule has 1 aromatic carbocycles. The van der Waals surface area contributed by atoms with Crippen LogP contribution >= 0.6 is 0 Å². The first-order chi connectivity index (χ1) is 10.0. The summed E-state index contributed by atoms with van der Waals surface area (Å²) in [5.74, 6) is -0.889. The Labute approximate surface area is 125 Å². The number of nitrogens with zero attached hydrogens (tertiary/aromatic N) is 2. The molecule has 0 N–H and O–H groups in total. The molecular formula is C16H22N2O3. The largest absolute Gasteiger partial charge is 0.383 e. The van der Waals surface area contributed by atoms with E-state index in [1.165, 1.54) is 4.90 Å². The Morgan fingerprint density at radius 2 is 2.05 bits per heavy atom. The Kier molecular flexibility index (Phi) is 4.63. The van der Waals surface area contributed by atoms with Crippen molar-refractivity contribution in [2.75, 3.05) is 37.1 Å². The summed E-state index contributed by atoms with van der Waals surface area (Å²) in [5, 5.41) is 0. The number of hydrogen-bond acceptors (Lipinski definition) is 4. The van der Waals surface area contributed by atoms with Gasteiger partial charge in [0.2, 0.25) is 0 Å². The van der Waals surface area contributed by atoms with Gasteiger partial charge in [-0.05, 0) is 31.5 Å². The maximum Gasteiger partial charge on any atom is 0.299 e. The highest BCUT2D eigenvalue weighted by Crippen LogP contribution is 2.32. The van der Waals surface area contributed by atoms with Gasteiger partial charge in [0.1, 0.15) is 0 Å². The Balaban J connectivity index is 2.36. The molecule has 0 saturated heterocycles. The number of rotatable bonds is 6. The van der Waals surface area contributed by atoms with E-state index in [1.807, 2.05) is 12.1 Å². The van der Waals surface area contributed by atoms with E-state index in [0.29, 0.717) is 23.9 Å². The van der Waals surface area contributed by atoms with Gasteiger partial charge in [-0.25, -0.2) is 0 Å². The van der Waals surface area contributed by atoms with Gasteiger partial charge in [-0.3, -0.25) is 9.59 Å². The molecule has 1 atom stereocenters. The molecule has 1 aromatic rings. The van der Waals surface area contributed by atoms with Crippen LogP contribution in [0.1, 0.15) is 30.6 Å². The summed E-state index contributed by atoms with van der Waals surface area (Å²) in [5.41, 5.74) is 2.19. The lowest BCUT2D eigenvalue weighted by atomic mass is 10.1.